The lowest BCUT2D eigenvalue weighted by molar-refractivity contribution is -0.125. The minimum Gasteiger partial charge on any atom is -0.381 e. The van der Waals surface area contributed by atoms with Crippen molar-refractivity contribution in [1.82, 2.24) is 24.5 Å². The Labute approximate surface area is 246 Å². The van der Waals surface area contributed by atoms with Gasteiger partial charge >= 0.3 is 0 Å². The highest BCUT2D eigenvalue weighted by atomic mass is 16.5. The SMILES string of the molecule is COC/C=C/C(=O)N1CCC(C(=O)Cc2cccc(CNc3nc(NC4CCOCC4)nc4c(C(C)C)cnn34)c2)C1. The predicted molar refractivity (Wildman–Crippen MR) is 161 cm³/mol. The maximum Gasteiger partial charge on any atom is 0.246 e. The molecule has 0 aliphatic carbocycles. The minimum absolute atomic E-state index is 0.0712. The standard InChI is InChI=1S/C31H41N7O4/c1-21(2)26-19-33-38-29(26)35-30(34-25-10-14-42-15-11-25)36-31(38)32-18-23-7-4-6-22(16-23)17-27(39)24-9-12-37(20-24)28(40)8-5-13-41-3/h4-8,16,19,21,24-25H,9-15,17-18,20H2,1-3H3,(H2,32,34,35,36)/b8-5+. The Kier molecular flexibility index (Phi) is 9.81. The molecule has 0 radical (unpaired) electrons. The van der Waals surface area contributed by atoms with Gasteiger partial charge in [-0.15, -0.1) is 0 Å². The van der Waals surface area contributed by atoms with Gasteiger partial charge in [0.05, 0.1) is 12.8 Å². The second-order valence-corrected chi connectivity index (χ2v) is 11.3. The van der Waals surface area contributed by atoms with Crippen molar-refractivity contribution in [2.24, 2.45) is 5.92 Å². The van der Waals surface area contributed by atoms with Crippen molar-refractivity contribution in [1.29, 1.82) is 0 Å². The number of nitrogens with zero attached hydrogens (tertiary/aromatic N) is 5. The number of ketones is 1. The highest BCUT2D eigenvalue weighted by Crippen LogP contribution is 2.24. The van der Waals surface area contributed by atoms with Crippen LogP contribution in [0.15, 0.2) is 42.6 Å². The predicted octanol–water partition coefficient (Wildman–Crippen LogP) is 3.61. The number of carbonyl (C=O) groups is 2. The molecule has 11 nitrogen and oxygen atoms in total. The molecule has 0 spiro atoms. The lowest BCUT2D eigenvalue weighted by Gasteiger charge is -2.23. The maximum atomic E-state index is 13.1. The van der Waals surface area contributed by atoms with Crippen molar-refractivity contribution in [3.05, 3.63) is 59.3 Å². The molecule has 0 saturated carbocycles. The van der Waals surface area contributed by atoms with Gasteiger partial charge in [0, 0.05) is 70.0 Å². The number of rotatable bonds is 12. The van der Waals surface area contributed by atoms with Crippen molar-refractivity contribution in [2.45, 2.75) is 58.0 Å². The normalized spacial score (nSPS) is 17.9. The van der Waals surface area contributed by atoms with Gasteiger partial charge in [0.25, 0.3) is 0 Å². The van der Waals surface area contributed by atoms with E-state index < -0.39 is 0 Å². The average Bonchev–Trinajstić information content (AvgIpc) is 3.65. The van der Waals surface area contributed by atoms with Gasteiger partial charge in [-0.3, -0.25) is 9.59 Å². The molecule has 1 atom stereocenters. The number of nitrogens with one attached hydrogen (secondary N) is 2. The number of aromatic nitrogens is 4. The fourth-order valence-electron chi connectivity index (χ4n) is 5.46. The fraction of sp³-hybridized carbons (Fsp3) is 0.516. The monoisotopic (exact) mass is 575 g/mol. The average molecular weight is 576 g/mol. The number of fused-ring (bicyclic) bond motifs is 1. The topological polar surface area (TPSA) is 123 Å². The maximum absolute atomic E-state index is 13.1. The summed E-state index contributed by atoms with van der Waals surface area (Å²) in [5.41, 5.74) is 3.84. The number of hydrogen-bond acceptors (Lipinski definition) is 9. The fourth-order valence-corrected chi connectivity index (χ4v) is 5.46. The number of anilines is 2. The number of benzene rings is 1. The Morgan fingerprint density at radius 1 is 1.17 bits per heavy atom. The Hall–Kier alpha value is -3.83. The second-order valence-electron chi connectivity index (χ2n) is 11.3. The molecule has 2 N–H and O–H groups in total. The van der Waals surface area contributed by atoms with Crippen molar-refractivity contribution >= 4 is 29.2 Å². The Morgan fingerprint density at radius 2 is 1.98 bits per heavy atom. The minimum atomic E-state index is -0.141. The molecule has 2 fully saturated rings. The number of ether oxygens (including phenoxy) is 2. The first-order valence-corrected chi connectivity index (χ1v) is 14.8. The molecule has 5 rings (SSSR count). The van der Waals surface area contributed by atoms with Crippen LogP contribution in [0, 0.1) is 5.92 Å². The van der Waals surface area contributed by atoms with Crippen molar-refractivity contribution < 1.29 is 19.1 Å². The van der Waals surface area contributed by atoms with Crippen LogP contribution in [0.1, 0.15) is 55.7 Å². The van der Waals surface area contributed by atoms with E-state index in [2.05, 4.69) is 35.6 Å². The van der Waals surface area contributed by atoms with Gasteiger partial charge in [-0.2, -0.15) is 19.6 Å². The number of likely N-dealkylation sites (tertiary alicyclic amines) is 1. The van der Waals surface area contributed by atoms with Gasteiger partial charge in [0.2, 0.25) is 17.8 Å². The summed E-state index contributed by atoms with van der Waals surface area (Å²) in [6, 6.07) is 8.31. The van der Waals surface area contributed by atoms with Crippen molar-refractivity contribution in [2.75, 3.05) is 50.7 Å². The molecule has 1 aromatic carbocycles. The lowest BCUT2D eigenvalue weighted by Crippen LogP contribution is -2.29. The van der Waals surface area contributed by atoms with Crippen molar-refractivity contribution in [3.8, 4) is 0 Å². The highest BCUT2D eigenvalue weighted by Gasteiger charge is 2.30. The van der Waals surface area contributed by atoms with E-state index in [0.29, 0.717) is 51.0 Å². The van der Waals surface area contributed by atoms with Gasteiger partial charge in [-0.25, -0.2) is 0 Å². The van der Waals surface area contributed by atoms with E-state index >= 15 is 0 Å². The molecule has 2 aliphatic rings. The lowest BCUT2D eigenvalue weighted by atomic mass is 9.96. The number of Topliss-reactive ketones (excluding diaryl/α,β-unsaturated/α-hetero) is 1. The molecule has 1 unspecified atom stereocenters. The molecule has 11 heteroatoms. The molecule has 42 heavy (non-hydrogen) atoms. The van der Waals surface area contributed by atoms with Gasteiger partial charge < -0.3 is 25.0 Å². The van der Waals surface area contributed by atoms with Gasteiger partial charge in [-0.1, -0.05) is 44.2 Å². The van der Waals surface area contributed by atoms with E-state index in [4.69, 9.17) is 19.4 Å². The molecule has 0 bridgehead atoms. The van der Waals surface area contributed by atoms with Crippen LogP contribution in [0.2, 0.25) is 0 Å². The van der Waals surface area contributed by atoms with Crippen LogP contribution >= 0.6 is 0 Å². The van der Waals surface area contributed by atoms with E-state index in [9.17, 15) is 9.59 Å². The summed E-state index contributed by atoms with van der Waals surface area (Å²) in [5, 5.41) is 11.5. The third-order valence-electron chi connectivity index (χ3n) is 7.87. The first-order chi connectivity index (χ1) is 20.4. The molecular weight excluding hydrogens is 534 g/mol. The molecule has 1 amide bonds. The largest absolute Gasteiger partial charge is 0.381 e. The van der Waals surface area contributed by atoms with Crippen LogP contribution in [-0.2, 0) is 32.0 Å². The van der Waals surface area contributed by atoms with Crippen LogP contribution in [0.5, 0.6) is 0 Å². The first-order valence-electron chi connectivity index (χ1n) is 14.8. The van der Waals surface area contributed by atoms with E-state index in [-0.39, 0.29) is 29.6 Å². The molecule has 224 valence electrons. The summed E-state index contributed by atoms with van der Waals surface area (Å²) in [6.45, 7) is 7.70. The number of carbonyl (C=O) groups excluding carboxylic acids is 2. The zero-order chi connectivity index (χ0) is 29.5. The van der Waals surface area contributed by atoms with Gasteiger partial charge in [0.1, 0.15) is 5.78 Å². The van der Waals surface area contributed by atoms with E-state index in [1.54, 1.807) is 22.6 Å². The molecule has 3 aromatic rings. The Balaban J connectivity index is 1.24. The number of hydrogen-bond donors (Lipinski definition) is 2. The third-order valence-corrected chi connectivity index (χ3v) is 7.87. The summed E-state index contributed by atoms with van der Waals surface area (Å²) >= 11 is 0. The zero-order valence-corrected chi connectivity index (χ0v) is 24.7. The molecule has 2 saturated heterocycles. The molecular formula is C31H41N7O4. The summed E-state index contributed by atoms with van der Waals surface area (Å²) in [6.07, 6.45) is 7.95. The van der Waals surface area contributed by atoms with Gasteiger partial charge in [0.15, 0.2) is 5.65 Å². The first kappa shape index (κ1) is 29.7. The highest BCUT2D eigenvalue weighted by molar-refractivity contribution is 5.89. The van der Waals surface area contributed by atoms with E-state index in [1.165, 1.54) is 6.08 Å². The molecule has 2 aromatic heterocycles. The molecule has 2 aliphatic heterocycles. The second kappa shape index (κ2) is 13.9. The van der Waals surface area contributed by atoms with Crippen LogP contribution in [-0.4, -0.2) is 82.2 Å². The van der Waals surface area contributed by atoms with Crippen molar-refractivity contribution in [3.63, 3.8) is 0 Å². The summed E-state index contributed by atoms with van der Waals surface area (Å²) in [7, 11) is 1.59. The summed E-state index contributed by atoms with van der Waals surface area (Å²) in [4.78, 5) is 36.8. The van der Waals surface area contributed by atoms with Gasteiger partial charge in [-0.05, 0) is 36.3 Å². The van der Waals surface area contributed by atoms with Crippen LogP contribution in [0.25, 0.3) is 5.65 Å². The quantitative estimate of drug-likeness (QED) is 0.312. The van der Waals surface area contributed by atoms with Crippen LogP contribution in [0.3, 0.4) is 0 Å². The van der Waals surface area contributed by atoms with E-state index in [1.807, 2.05) is 24.4 Å². The Bertz CT molecular complexity index is 1410. The van der Waals surface area contributed by atoms with Crippen LogP contribution in [0.4, 0.5) is 11.9 Å². The summed E-state index contributed by atoms with van der Waals surface area (Å²) in [5.74, 6) is 1.41. The third kappa shape index (κ3) is 7.32. The zero-order valence-electron chi connectivity index (χ0n) is 24.7. The van der Waals surface area contributed by atoms with E-state index in [0.717, 1.165) is 48.4 Å². The van der Waals surface area contributed by atoms with Crippen LogP contribution < -0.4 is 10.6 Å². The summed E-state index contributed by atoms with van der Waals surface area (Å²) < 4.78 is 12.2. The Morgan fingerprint density at radius 3 is 2.76 bits per heavy atom. The number of amides is 1. The number of methoxy groups -OCH3 is 1. The molecule has 4 heterocycles. The smallest absolute Gasteiger partial charge is 0.246 e.